The van der Waals surface area contributed by atoms with E-state index >= 15 is 0 Å². The van der Waals surface area contributed by atoms with Gasteiger partial charge in [0, 0.05) is 0 Å². The van der Waals surface area contributed by atoms with Crippen LogP contribution >= 0.6 is 0 Å². The topological polar surface area (TPSA) is 57.5 Å². The quantitative estimate of drug-likeness (QED) is 0.630. The Kier molecular flexibility index (Phi) is 2.18. The summed E-state index contributed by atoms with van der Waals surface area (Å²) < 4.78 is 0. The van der Waals surface area contributed by atoms with Gasteiger partial charge < -0.3 is 10.2 Å². The van der Waals surface area contributed by atoms with E-state index in [0.29, 0.717) is 12.8 Å². The third-order valence-corrected chi connectivity index (χ3v) is 2.65. The molecule has 2 N–H and O–H groups in total. The number of carbonyl (C=O) groups is 1. The van der Waals surface area contributed by atoms with Crippen LogP contribution in [0.4, 0.5) is 0 Å². The van der Waals surface area contributed by atoms with Crippen LogP contribution in [0, 0.1) is 5.92 Å². The summed E-state index contributed by atoms with van der Waals surface area (Å²) in [5.74, 6) is -1.51. The molecule has 11 heavy (non-hydrogen) atoms. The zero-order valence-electron chi connectivity index (χ0n) is 6.71. The molecule has 0 saturated heterocycles. The minimum Gasteiger partial charge on any atom is -0.481 e. The van der Waals surface area contributed by atoms with Crippen LogP contribution in [-0.4, -0.2) is 21.8 Å². The first kappa shape index (κ1) is 8.53. The second-order valence-electron chi connectivity index (χ2n) is 3.37. The molecule has 1 rings (SSSR count). The molecular weight excluding hydrogens is 144 g/mol. The van der Waals surface area contributed by atoms with E-state index in [1.54, 1.807) is 6.92 Å². The van der Waals surface area contributed by atoms with E-state index < -0.39 is 17.5 Å². The molecule has 0 aromatic heterocycles. The van der Waals surface area contributed by atoms with E-state index in [2.05, 4.69) is 0 Å². The van der Waals surface area contributed by atoms with E-state index in [-0.39, 0.29) is 0 Å². The van der Waals surface area contributed by atoms with Gasteiger partial charge >= 0.3 is 5.97 Å². The fraction of sp³-hybridized carbons (Fsp3) is 0.875. The van der Waals surface area contributed by atoms with Gasteiger partial charge in [-0.3, -0.25) is 4.79 Å². The predicted octanol–water partition coefficient (Wildman–Crippen LogP) is 1.01. The minimum absolute atomic E-state index is 0.620. The molecule has 0 aliphatic heterocycles. The van der Waals surface area contributed by atoms with Crippen molar-refractivity contribution in [2.24, 2.45) is 5.92 Å². The monoisotopic (exact) mass is 158 g/mol. The molecule has 3 heteroatoms. The number of aliphatic hydroxyl groups is 1. The Morgan fingerprint density at radius 1 is 1.45 bits per heavy atom. The van der Waals surface area contributed by atoms with Gasteiger partial charge in [0.2, 0.25) is 0 Å². The third kappa shape index (κ3) is 1.53. The Bertz CT molecular complexity index is 159. The molecular formula is C8H14O3. The van der Waals surface area contributed by atoms with Crippen LogP contribution in [-0.2, 0) is 4.79 Å². The maximum atomic E-state index is 10.5. The van der Waals surface area contributed by atoms with Crippen molar-refractivity contribution in [2.75, 3.05) is 0 Å². The molecule has 0 radical (unpaired) electrons. The molecule has 1 atom stereocenters. The molecule has 0 bridgehead atoms. The number of aliphatic carboxylic acids is 1. The predicted molar refractivity (Wildman–Crippen MR) is 40.2 cm³/mol. The highest BCUT2D eigenvalue weighted by Gasteiger charge is 2.40. The number of rotatable bonds is 2. The van der Waals surface area contributed by atoms with Gasteiger partial charge in [0.15, 0.2) is 0 Å². The lowest BCUT2D eigenvalue weighted by atomic mass is 9.87. The highest BCUT2D eigenvalue weighted by Crippen LogP contribution is 2.35. The Balaban J connectivity index is 2.63. The molecule has 1 saturated carbocycles. The molecule has 1 aliphatic carbocycles. The van der Waals surface area contributed by atoms with Crippen molar-refractivity contribution in [1.82, 2.24) is 0 Å². The second-order valence-corrected chi connectivity index (χ2v) is 3.37. The van der Waals surface area contributed by atoms with Crippen LogP contribution in [0.15, 0.2) is 0 Å². The first-order valence-corrected chi connectivity index (χ1v) is 4.01. The van der Waals surface area contributed by atoms with Crippen molar-refractivity contribution in [3.05, 3.63) is 0 Å². The van der Waals surface area contributed by atoms with Crippen molar-refractivity contribution in [1.29, 1.82) is 0 Å². The first-order chi connectivity index (χ1) is 5.06. The Hall–Kier alpha value is -0.570. The van der Waals surface area contributed by atoms with Crippen molar-refractivity contribution in [3.8, 4) is 0 Å². The summed E-state index contributed by atoms with van der Waals surface area (Å²) in [7, 11) is 0. The minimum atomic E-state index is -0.925. The highest BCUT2D eigenvalue weighted by molar-refractivity contribution is 5.71. The van der Waals surface area contributed by atoms with Gasteiger partial charge in [-0.2, -0.15) is 0 Å². The van der Waals surface area contributed by atoms with Crippen LogP contribution in [0.25, 0.3) is 0 Å². The van der Waals surface area contributed by atoms with Crippen LogP contribution in [0.3, 0.4) is 0 Å². The lowest BCUT2D eigenvalue weighted by Gasteiger charge is -2.26. The summed E-state index contributed by atoms with van der Waals surface area (Å²) in [6.07, 6.45) is 3.18. The zero-order valence-corrected chi connectivity index (χ0v) is 6.71. The van der Waals surface area contributed by atoms with Gasteiger partial charge in [-0.15, -0.1) is 0 Å². The molecule has 3 nitrogen and oxygen atoms in total. The van der Waals surface area contributed by atoms with Gasteiger partial charge in [-0.1, -0.05) is 12.8 Å². The second kappa shape index (κ2) is 2.81. The molecule has 0 spiro atoms. The summed E-state index contributed by atoms with van der Waals surface area (Å²) >= 11 is 0. The number of carboxylic acid groups (broad SMARTS) is 1. The van der Waals surface area contributed by atoms with Gasteiger partial charge in [-0.25, -0.2) is 0 Å². The number of carboxylic acids is 1. The van der Waals surface area contributed by atoms with E-state index in [4.69, 9.17) is 5.11 Å². The van der Waals surface area contributed by atoms with Crippen molar-refractivity contribution in [2.45, 2.75) is 38.2 Å². The standard InChI is InChI=1S/C8H14O3/c1-6(7(9)10)8(11)4-2-3-5-8/h6,11H,2-5H2,1H3,(H,9,10). The molecule has 0 aromatic carbocycles. The van der Waals surface area contributed by atoms with E-state index in [9.17, 15) is 9.90 Å². The zero-order chi connectivity index (χ0) is 8.48. The van der Waals surface area contributed by atoms with Crippen LogP contribution in [0.2, 0.25) is 0 Å². The lowest BCUT2D eigenvalue weighted by Crippen LogP contribution is -2.37. The molecule has 1 aliphatic rings. The average Bonchev–Trinajstić information content (AvgIpc) is 2.35. The Labute approximate surface area is 66.0 Å². The third-order valence-electron chi connectivity index (χ3n) is 2.65. The van der Waals surface area contributed by atoms with E-state index in [1.807, 2.05) is 0 Å². The van der Waals surface area contributed by atoms with Gasteiger partial charge in [-0.05, 0) is 19.8 Å². The molecule has 1 unspecified atom stereocenters. The highest BCUT2D eigenvalue weighted by atomic mass is 16.4. The van der Waals surface area contributed by atoms with Crippen molar-refractivity contribution < 1.29 is 15.0 Å². The largest absolute Gasteiger partial charge is 0.481 e. The Morgan fingerprint density at radius 2 is 1.91 bits per heavy atom. The normalized spacial score (nSPS) is 24.9. The van der Waals surface area contributed by atoms with E-state index in [0.717, 1.165) is 12.8 Å². The van der Waals surface area contributed by atoms with Gasteiger partial charge in [0.05, 0.1) is 11.5 Å². The van der Waals surface area contributed by atoms with Crippen molar-refractivity contribution in [3.63, 3.8) is 0 Å². The lowest BCUT2D eigenvalue weighted by molar-refractivity contribution is -0.150. The molecule has 0 aromatic rings. The van der Waals surface area contributed by atoms with E-state index in [1.165, 1.54) is 0 Å². The first-order valence-electron chi connectivity index (χ1n) is 4.01. The van der Waals surface area contributed by atoms with Crippen LogP contribution in [0.1, 0.15) is 32.6 Å². The van der Waals surface area contributed by atoms with Crippen LogP contribution < -0.4 is 0 Å². The number of hydrogen-bond donors (Lipinski definition) is 2. The smallest absolute Gasteiger partial charge is 0.309 e. The maximum absolute atomic E-state index is 10.5. The van der Waals surface area contributed by atoms with Crippen LogP contribution in [0.5, 0.6) is 0 Å². The molecule has 1 fully saturated rings. The fourth-order valence-electron chi connectivity index (χ4n) is 1.65. The molecule has 0 amide bonds. The van der Waals surface area contributed by atoms with Crippen molar-refractivity contribution >= 4 is 5.97 Å². The average molecular weight is 158 g/mol. The summed E-state index contributed by atoms with van der Waals surface area (Å²) in [6.45, 7) is 1.58. The Morgan fingerprint density at radius 3 is 2.27 bits per heavy atom. The fourth-order valence-corrected chi connectivity index (χ4v) is 1.65. The summed E-state index contributed by atoms with van der Waals surface area (Å²) in [4.78, 5) is 10.5. The van der Waals surface area contributed by atoms with Gasteiger partial charge in [0.1, 0.15) is 0 Å². The maximum Gasteiger partial charge on any atom is 0.309 e. The molecule has 0 heterocycles. The summed E-state index contributed by atoms with van der Waals surface area (Å²) in [5, 5.41) is 18.4. The molecule has 64 valence electrons. The summed E-state index contributed by atoms with van der Waals surface area (Å²) in [6, 6.07) is 0. The number of hydrogen-bond acceptors (Lipinski definition) is 2. The summed E-state index contributed by atoms with van der Waals surface area (Å²) in [5.41, 5.74) is -0.925. The SMILES string of the molecule is CC(C(=O)O)C1(O)CCCC1. The van der Waals surface area contributed by atoms with Gasteiger partial charge in [0.25, 0.3) is 0 Å².